The molecule has 3 rings (SSSR count). The van der Waals surface area contributed by atoms with E-state index in [-0.39, 0.29) is 5.82 Å². The Labute approximate surface area is 113 Å². The van der Waals surface area contributed by atoms with Crippen molar-refractivity contribution in [1.29, 1.82) is 0 Å². The van der Waals surface area contributed by atoms with Crippen LogP contribution in [0.15, 0.2) is 18.2 Å². The number of hydrogen-bond acceptors (Lipinski definition) is 1. The summed E-state index contributed by atoms with van der Waals surface area (Å²) in [5.74, 6) is 1.61. The van der Waals surface area contributed by atoms with Crippen LogP contribution in [0.1, 0.15) is 38.5 Å². The van der Waals surface area contributed by atoms with E-state index in [9.17, 15) is 4.39 Å². The van der Waals surface area contributed by atoms with Crippen LogP contribution in [0.2, 0.25) is 5.02 Å². The van der Waals surface area contributed by atoms with Crippen molar-refractivity contribution >= 4 is 17.3 Å². The predicted octanol–water partition coefficient (Wildman–Crippen LogP) is 4.86. The summed E-state index contributed by atoms with van der Waals surface area (Å²) in [7, 11) is 0. The zero-order valence-corrected chi connectivity index (χ0v) is 11.2. The highest BCUT2D eigenvalue weighted by Gasteiger charge is 2.34. The van der Waals surface area contributed by atoms with Crippen LogP contribution in [0, 0.1) is 17.7 Å². The molecule has 0 bridgehead atoms. The summed E-state index contributed by atoms with van der Waals surface area (Å²) in [6.07, 6.45) is 8.00. The highest BCUT2D eigenvalue weighted by Crippen LogP contribution is 2.44. The Morgan fingerprint density at radius 1 is 1.11 bits per heavy atom. The summed E-state index contributed by atoms with van der Waals surface area (Å²) in [6, 6.07) is 5.10. The van der Waals surface area contributed by atoms with Gasteiger partial charge in [0.2, 0.25) is 0 Å². The maximum atomic E-state index is 13.0. The van der Waals surface area contributed by atoms with Crippen LogP contribution in [-0.4, -0.2) is 6.04 Å². The quantitative estimate of drug-likeness (QED) is 0.825. The second kappa shape index (κ2) is 5.08. The lowest BCUT2D eigenvalue weighted by Gasteiger charge is -2.30. The molecule has 1 aromatic rings. The van der Waals surface area contributed by atoms with Crippen molar-refractivity contribution in [3.63, 3.8) is 0 Å². The number of anilines is 1. The van der Waals surface area contributed by atoms with Crippen LogP contribution in [0.25, 0.3) is 0 Å². The van der Waals surface area contributed by atoms with Gasteiger partial charge in [0.05, 0.1) is 10.7 Å². The summed E-state index contributed by atoms with van der Waals surface area (Å²) >= 11 is 6.06. The zero-order chi connectivity index (χ0) is 12.5. The third-order valence-electron chi connectivity index (χ3n) is 4.29. The molecule has 2 unspecified atom stereocenters. The first-order valence-electron chi connectivity index (χ1n) is 6.94. The fraction of sp³-hybridized carbons (Fsp3) is 0.600. The van der Waals surface area contributed by atoms with Crippen LogP contribution < -0.4 is 5.32 Å². The minimum absolute atomic E-state index is 0.273. The van der Waals surface area contributed by atoms with E-state index in [1.807, 2.05) is 0 Å². The number of rotatable bonds is 3. The van der Waals surface area contributed by atoms with Crippen molar-refractivity contribution in [1.82, 2.24) is 0 Å². The summed E-state index contributed by atoms with van der Waals surface area (Å²) < 4.78 is 13.0. The van der Waals surface area contributed by atoms with Crippen molar-refractivity contribution in [2.45, 2.75) is 44.6 Å². The Kier molecular flexibility index (Phi) is 3.47. The number of nitrogens with one attached hydrogen (secondary N) is 1. The SMILES string of the molecule is Fc1ccc(NC2CCCC(C3CC3)C2)c(Cl)c1. The van der Waals surface area contributed by atoms with E-state index >= 15 is 0 Å². The van der Waals surface area contributed by atoms with E-state index < -0.39 is 0 Å². The van der Waals surface area contributed by atoms with Gasteiger partial charge in [-0.2, -0.15) is 0 Å². The van der Waals surface area contributed by atoms with Gasteiger partial charge in [-0.15, -0.1) is 0 Å². The zero-order valence-electron chi connectivity index (χ0n) is 10.5. The van der Waals surface area contributed by atoms with Crippen LogP contribution >= 0.6 is 11.6 Å². The molecule has 0 spiro atoms. The van der Waals surface area contributed by atoms with E-state index in [1.54, 1.807) is 6.07 Å². The molecule has 1 N–H and O–H groups in total. The second-order valence-corrected chi connectivity index (χ2v) is 6.14. The standard InChI is InChI=1S/C15H19ClFN/c16-14-9-12(17)6-7-15(14)18-13-3-1-2-11(8-13)10-4-5-10/h6-7,9-11,13,18H,1-5,8H2. The van der Waals surface area contributed by atoms with E-state index in [4.69, 9.17) is 11.6 Å². The van der Waals surface area contributed by atoms with E-state index in [2.05, 4.69) is 5.32 Å². The number of benzene rings is 1. The first-order valence-corrected chi connectivity index (χ1v) is 7.32. The first-order chi connectivity index (χ1) is 8.72. The molecule has 1 aromatic carbocycles. The molecule has 0 aliphatic heterocycles. The van der Waals surface area contributed by atoms with Crippen molar-refractivity contribution in [2.24, 2.45) is 11.8 Å². The van der Waals surface area contributed by atoms with Gasteiger partial charge in [0.25, 0.3) is 0 Å². The minimum atomic E-state index is -0.273. The molecule has 3 heteroatoms. The van der Waals surface area contributed by atoms with Crippen molar-refractivity contribution < 1.29 is 4.39 Å². The molecule has 2 saturated carbocycles. The maximum Gasteiger partial charge on any atom is 0.124 e. The molecule has 0 heterocycles. The molecule has 2 atom stereocenters. The Hall–Kier alpha value is -0.760. The van der Waals surface area contributed by atoms with Gasteiger partial charge in [-0.25, -0.2) is 4.39 Å². The average Bonchev–Trinajstić information content (AvgIpc) is 3.17. The molecule has 0 radical (unpaired) electrons. The summed E-state index contributed by atoms with van der Waals surface area (Å²) in [5, 5.41) is 3.98. The van der Waals surface area contributed by atoms with Crippen molar-refractivity contribution in [2.75, 3.05) is 5.32 Å². The van der Waals surface area contributed by atoms with Gasteiger partial charge >= 0.3 is 0 Å². The van der Waals surface area contributed by atoms with Crippen LogP contribution in [-0.2, 0) is 0 Å². The van der Waals surface area contributed by atoms with Gasteiger partial charge in [-0.1, -0.05) is 24.4 Å². The summed E-state index contributed by atoms with van der Waals surface area (Å²) in [6.45, 7) is 0. The average molecular weight is 268 g/mol. The monoisotopic (exact) mass is 267 g/mol. The third-order valence-corrected chi connectivity index (χ3v) is 4.61. The second-order valence-electron chi connectivity index (χ2n) is 5.73. The predicted molar refractivity (Wildman–Crippen MR) is 73.5 cm³/mol. The van der Waals surface area contributed by atoms with Crippen LogP contribution in [0.5, 0.6) is 0 Å². The first kappa shape index (κ1) is 12.3. The normalized spacial score (nSPS) is 28.1. The topological polar surface area (TPSA) is 12.0 Å². The fourth-order valence-electron chi connectivity index (χ4n) is 3.18. The maximum absolute atomic E-state index is 13.0. The van der Waals surface area contributed by atoms with Gasteiger partial charge in [0, 0.05) is 6.04 Å². The third kappa shape index (κ3) is 2.80. The Bertz CT molecular complexity index is 431. The molecule has 18 heavy (non-hydrogen) atoms. The van der Waals surface area contributed by atoms with Gasteiger partial charge < -0.3 is 5.32 Å². The lowest BCUT2D eigenvalue weighted by atomic mass is 9.82. The van der Waals surface area contributed by atoms with Gasteiger partial charge in [0.15, 0.2) is 0 Å². The molecule has 2 fully saturated rings. The molecule has 2 aliphatic rings. The Balaban J connectivity index is 1.64. The minimum Gasteiger partial charge on any atom is -0.381 e. The highest BCUT2D eigenvalue weighted by atomic mass is 35.5. The van der Waals surface area contributed by atoms with Gasteiger partial charge in [0.1, 0.15) is 5.82 Å². The van der Waals surface area contributed by atoms with Crippen molar-refractivity contribution in [3.05, 3.63) is 29.0 Å². The molecule has 98 valence electrons. The molecule has 0 aromatic heterocycles. The van der Waals surface area contributed by atoms with Gasteiger partial charge in [-0.05, 0) is 55.7 Å². The smallest absolute Gasteiger partial charge is 0.124 e. The van der Waals surface area contributed by atoms with Gasteiger partial charge in [-0.3, -0.25) is 0 Å². The van der Waals surface area contributed by atoms with Crippen LogP contribution in [0.4, 0.5) is 10.1 Å². The lowest BCUT2D eigenvalue weighted by molar-refractivity contribution is 0.303. The molecular formula is C15H19ClFN. The van der Waals surface area contributed by atoms with E-state index in [1.165, 1.54) is 50.7 Å². The Morgan fingerprint density at radius 3 is 2.67 bits per heavy atom. The molecule has 1 nitrogen and oxygen atoms in total. The van der Waals surface area contributed by atoms with Crippen molar-refractivity contribution in [3.8, 4) is 0 Å². The lowest BCUT2D eigenvalue weighted by Crippen LogP contribution is -2.28. The van der Waals surface area contributed by atoms with E-state index in [0.717, 1.165) is 17.5 Å². The summed E-state index contributed by atoms with van der Waals surface area (Å²) in [5.41, 5.74) is 0.875. The number of hydrogen-bond donors (Lipinski definition) is 1. The van der Waals surface area contributed by atoms with Crippen LogP contribution in [0.3, 0.4) is 0 Å². The highest BCUT2D eigenvalue weighted by molar-refractivity contribution is 6.33. The molecule has 2 aliphatic carbocycles. The summed E-state index contributed by atoms with van der Waals surface area (Å²) in [4.78, 5) is 0. The fourth-order valence-corrected chi connectivity index (χ4v) is 3.40. The largest absolute Gasteiger partial charge is 0.381 e. The molecule has 0 amide bonds. The Morgan fingerprint density at radius 2 is 1.94 bits per heavy atom. The molecular weight excluding hydrogens is 249 g/mol. The molecule has 0 saturated heterocycles. The van der Waals surface area contributed by atoms with E-state index in [0.29, 0.717) is 11.1 Å². The number of halogens is 2.